The number of aryl methyl sites for hydroxylation is 1. The molecule has 0 aromatic carbocycles. The molecule has 0 saturated carbocycles. The van der Waals surface area contributed by atoms with Crippen LogP contribution in [0.1, 0.15) is 77.0 Å². The highest BCUT2D eigenvalue weighted by atomic mass is 16.3. The minimum absolute atomic E-state index is 0.236. The van der Waals surface area contributed by atoms with Crippen molar-refractivity contribution in [1.29, 1.82) is 0 Å². The smallest absolute Gasteiger partial charge is 0.110 e. The van der Waals surface area contributed by atoms with Gasteiger partial charge >= 0.3 is 0 Å². The summed E-state index contributed by atoms with van der Waals surface area (Å²) in [6, 6.07) is 0. The fourth-order valence-corrected chi connectivity index (χ4v) is 2.60. The quantitative estimate of drug-likeness (QED) is 0.581. The number of nitrogens with zero attached hydrogens (tertiary/aromatic N) is 2. The van der Waals surface area contributed by atoms with E-state index in [-0.39, 0.29) is 6.10 Å². The molecule has 20 heavy (non-hydrogen) atoms. The van der Waals surface area contributed by atoms with Crippen LogP contribution in [0.4, 0.5) is 0 Å². The van der Waals surface area contributed by atoms with E-state index in [1.807, 2.05) is 17.8 Å². The maximum atomic E-state index is 9.99. The maximum absolute atomic E-state index is 9.99. The Morgan fingerprint density at radius 2 is 1.65 bits per heavy atom. The average Bonchev–Trinajstić information content (AvgIpc) is 2.82. The lowest BCUT2D eigenvalue weighted by Gasteiger charge is -2.10. The van der Waals surface area contributed by atoms with Crippen LogP contribution >= 0.6 is 0 Å². The Labute approximate surface area is 124 Å². The van der Waals surface area contributed by atoms with Crippen molar-refractivity contribution in [2.45, 2.75) is 83.7 Å². The molecule has 1 aromatic heterocycles. The lowest BCUT2D eigenvalue weighted by atomic mass is 10.0. The molecule has 1 N–H and O–H groups in total. The fraction of sp³-hybridized carbons (Fsp3) is 0.824. The van der Waals surface area contributed by atoms with Gasteiger partial charge in [0.2, 0.25) is 0 Å². The standard InChI is InChI=1S/C17H32N2O/c1-3-4-5-6-7-8-9-10-11-12-16(20)15-17-18-13-14-19(17)2/h13-14,16,20H,3-12,15H2,1-2H3. The second kappa shape index (κ2) is 10.9. The topological polar surface area (TPSA) is 38.1 Å². The van der Waals surface area contributed by atoms with E-state index >= 15 is 0 Å². The van der Waals surface area contributed by atoms with Crippen LogP contribution in [-0.2, 0) is 13.5 Å². The summed E-state index contributed by atoms with van der Waals surface area (Å²) >= 11 is 0. The van der Waals surface area contributed by atoms with Crippen molar-refractivity contribution in [2.24, 2.45) is 7.05 Å². The number of aromatic nitrogens is 2. The number of hydrogen-bond acceptors (Lipinski definition) is 2. The molecule has 0 aliphatic heterocycles. The van der Waals surface area contributed by atoms with Gasteiger partial charge in [-0.25, -0.2) is 4.98 Å². The second-order valence-corrected chi connectivity index (χ2v) is 5.93. The summed E-state index contributed by atoms with van der Waals surface area (Å²) in [5.41, 5.74) is 0. The molecule has 1 atom stereocenters. The summed E-state index contributed by atoms with van der Waals surface area (Å²) in [4.78, 5) is 4.25. The molecule has 0 radical (unpaired) electrons. The van der Waals surface area contributed by atoms with Gasteiger partial charge in [-0.15, -0.1) is 0 Å². The van der Waals surface area contributed by atoms with Gasteiger partial charge in [-0.3, -0.25) is 0 Å². The van der Waals surface area contributed by atoms with Gasteiger partial charge in [0.25, 0.3) is 0 Å². The number of aliphatic hydroxyl groups is 1. The van der Waals surface area contributed by atoms with Crippen molar-refractivity contribution in [3.05, 3.63) is 18.2 Å². The number of imidazole rings is 1. The van der Waals surface area contributed by atoms with E-state index in [0.29, 0.717) is 6.42 Å². The summed E-state index contributed by atoms with van der Waals surface area (Å²) < 4.78 is 1.99. The zero-order valence-corrected chi connectivity index (χ0v) is 13.4. The van der Waals surface area contributed by atoms with Crippen LogP contribution in [0.3, 0.4) is 0 Å². The van der Waals surface area contributed by atoms with Gasteiger partial charge in [0.05, 0.1) is 6.10 Å². The number of rotatable bonds is 12. The predicted molar refractivity (Wildman–Crippen MR) is 84.8 cm³/mol. The van der Waals surface area contributed by atoms with Crippen LogP contribution in [0.5, 0.6) is 0 Å². The van der Waals surface area contributed by atoms with Crippen LogP contribution in [0.15, 0.2) is 12.4 Å². The fourth-order valence-electron chi connectivity index (χ4n) is 2.60. The molecule has 1 rings (SSSR count). The van der Waals surface area contributed by atoms with Gasteiger partial charge in [0, 0.05) is 25.9 Å². The molecule has 0 saturated heterocycles. The Kier molecular flexibility index (Phi) is 9.38. The van der Waals surface area contributed by atoms with Crippen molar-refractivity contribution in [3.8, 4) is 0 Å². The average molecular weight is 280 g/mol. The molecule has 1 heterocycles. The van der Waals surface area contributed by atoms with Gasteiger partial charge in [0.15, 0.2) is 0 Å². The predicted octanol–water partition coefficient (Wildman–Crippen LogP) is 4.24. The van der Waals surface area contributed by atoms with Crippen molar-refractivity contribution in [1.82, 2.24) is 9.55 Å². The first-order chi connectivity index (χ1) is 9.74. The van der Waals surface area contributed by atoms with Crippen molar-refractivity contribution >= 4 is 0 Å². The normalized spacial score (nSPS) is 12.8. The molecule has 0 amide bonds. The molecular weight excluding hydrogens is 248 g/mol. The molecule has 0 fully saturated rings. The molecule has 0 bridgehead atoms. The monoisotopic (exact) mass is 280 g/mol. The van der Waals surface area contributed by atoms with Gasteiger partial charge in [-0.1, -0.05) is 64.7 Å². The zero-order valence-electron chi connectivity index (χ0n) is 13.4. The highest BCUT2D eigenvalue weighted by Crippen LogP contribution is 2.12. The van der Waals surface area contributed by atoms with Crippen LogP contribution in [-0.4, -0.2) is 20.8 Å². The number of hydrogen-bond donors (Lipinski definition) is 1. The Morgan fingerprint density at radius 1 is 1.05 bits per heavy atom. The molecular formula is C17H32N2O. The molecule has 3 nitrogen and oxygen atoms in total. The summed E-state index contributed by atoms with van der Waals surface area (Å²) in [5, 5.41) is 9.99. The second-order valence-electron chi connectivity index (χ2n) is 5.93. The molecule has 0 aliphatic rings. The number of unbranched alkanes of at least 4 members (excludes halogenated alkanes) is 8. The van der Waals surface area contributed by atoms with Gasteiger partial charge in [0.1, 0.15) is 5.82 Å². The van der Waals surface area contributed by atoms with Gasteiger partial charge in [-0.05, 0) is 6.42 Å². The van der Waals surface area contributed by atoms with Crippen LogP contribution in [0.2, 0.25) is 0 Å². The van der Waals surface area contributed by atoms with E-state index in [1.165, 1.54) is 51.4 Å². The third kappa shape index (κ3) is 7.68. The Morgan fingerprint density at radius 3 is 2.20 bits per heavy atom. The zero-order chi connectivity index (χ0) is 14.6. The minimum Gasteiger partial charge on any atom is -0.393 e. The van der Waals surface area contributed by atoms with E-state index in [1.54, 1.807) is 6.20 Å². The van der Waals surface area contributed by atoms with E-state index in [2.05, 4.69) is 11.9 Å². The molecule has 0 aliphatic carbocycles. The van der Waals surface area contributed by atoms with Crippen molar-refractivity contribution in [2.75, 3.05) is 0 Å². The highest BCUT2D eigenvalue weighted by molar-refractivity contribution is 4.92. The first-order valence-corrected chi connectivity index (χ1v) is 8.38. The van der Waals surface area contributed by atoms with Gasteiger partial charge in [-0.2, -0.15) is 0 Å². The largest absolute Gasteiger partial charge is 0.393 e. The van der Waals surface area contributed by atoms with Crippen molar-refractivity contribution in [3.63, 3.8) is 0 Å². The van der Waals surface area contributed by atoms with Crippen LogP contribution in [0, 0.1) is 0 Å². The Bertz CT molecular complexity index is 335. The third-order valence-corrected chi connectivity index (χ3v) is 3.98. The van der Waals surface area contributed by atoms with Gasteiger partial charge < -0.3 is 9.67 Å². The first-order valence-electron chi connectivity index (χ1n) is 8.38. The maximum Gasteiger partial charge on any atom is 0.110 e. The minimum atomic E-state index is -0.236. The van der Waals surface area contributed by atoms with Crippen LogP contribution in [0.25, 0.3) is 0 Å². The summed E-state index contributed by atoms with van der Waals surface area (Å²) in [6.07, 6.45) is 17.1. The molecule has 1 unspecified atom stereocenters. The Hall–Kier alpha value is -0.830. The first kappa shape index (κ1) is 17.2. The number of aliphatic hydroxyl groups excluding tert-OH is 1. The van der Waals surface area contributed by atoms with E-state index in [9.17, 15) is 5.11 Å². The Balaban J connectivity index is 1.92. The lowest BCUT2D eigenvalue weighted by molar-refractivity contribution is 0.157. The summed E-state index contributed by atoms with van der Waals surface area (Å²) in [6.45, 7) is 2.26. The lowest BCUT2D eigenvalue weighted by Crippen LogP contribution is -2.13. The van der Waals surface area contributed by atoms with E-state index < -0.39 is 0 Å². The molecule has 3 heteroatoms. The van der Waals surface area contributed by atoms with Crippen LogP contribution < -0.4 is 0 Å². The SMILES string of the molecule is CCCCCCCCCCCC(O)Cc1nccn1C. The molecule has 0 spiro atoms. The third-order valence-electron chi connectivity index (χ3n) is 3.98. The van der Waals surface area contributed by atoms with E-state index in [0.717, 1.165) is 18.7 Å². The molecule has 1 aromatic rings. The summed E-state index contributed by atoms with van der Waals surface area (Å²) in [5.74, 6) is 0.980. The van der Waals surface area contributed by atoms with Crippen molar-refractivity contribution < 1.29 is 5.11 Å². The molecule has 116 valence electrons. The van der Waals surface area contributed by atoms with E-state index in [4.69, 9.17) is 0 Å². The highest BCUT2D eigenvalue weighted by Gasteiger charge is 2.08. The summed E-state index contributed by atoms with van der Waals surface area (Å²) in [7, 11) is 1.98.